The number of carboxylic acid groups (broad SMARTS) is 1. The lowest BCUT2D eigenvalue weighted by Gasteiger charge is -2.07. The second kappa shape index (κ2) is 6.85. The van der Waals surface area contributed by atoms with Crippen molar-refractivity contribution in [2.24, 2.45) is 0 Å². The fourth-order valence-corrected chi connectivity index (χ4v) is 1.86. The molecule has 1 N–H and O–H groups in total. The molecule has 1 aromatic carbocycles. The van der Waals surface area contributed by atoms with Crippen LogP contribution in [0.5, 0.6) is 17.5 Å². The largest absolute Gasteiger partial charge is 0.497 e. The van der Waals surface area contributed by atoms with E-state index in [1.165, 1.54) is 18.5 Å². The van der Waals surface area contributed by atoms with E-state index < -0.39 is 5.97 Å². The smallest absolute Gasteiger partial charge is 0.328 e. The molecule has 0 fully saturated rings. The highest BCUT2D eigenvalue weighted by Gasteiger charge is 2.06. The van der Waals surface area contributed by atoms with Gasteiger partial charge in [0, 0.05) is 24.0 Å². The summed E-state index contributed by atoms with van der Waals surface area (Å²) in [4.78, 5) is 18.4. The van der Waals surface area contributed by atoms with Crippen molar-refractivity contribution in [1.29, 1.82) is 0 Å². The molecule has 0 aliphatic rings. The Hall–Kier alpha value is -2.41. The Morgan fingerprint density at radius 1 is 1.33 bits per heavy atom. The summed E-state index contributed by atoms with van der Waals surface area (Å²) in [5, 5.41) is 8.53. The Morgan fingerprint density at radius 2 is 2.05 bits per heavy atom. The predicted octanol–water partition coefficient (Wildman–Crippen LogP) is 3.14. The van der Waals surface area contributed by atoms with Crippen LogP contribution in [0.15, 0.2) is 41.1 Å². The maximum atomic E-state index is 10.4. The van der Waals surface area contributed by atoms with Crippen LogP contribution in [0.1, 0.15) is 5.56 Å². The third-order valence-corrected chi connectivity index (χ3v) is 3.03. The van der Waals surface area contributed by atoms with Crippen molar-refractivity contribution in [2.45, 2.75) is 0 Å². The summed E-state index contributed by atoms with van der Waals surface area (Å²) >= 11 is 3.36. The van der Waals surface area contributed by atoms with E-state index in [2.05, 4.69) is 25.9 Å². The van der Waals surface area contributed by atoms with Gasteiger partial charge in [0.05, 0.1) is 11.6 Å². The highest BCUT2D eigenvalue weighted by atomic mass is 79.9. The molecule has 0 saturated carbocycles. The summed E-state index contributed by atoms with van der Waals surface area (Å²) in [7, 11) is 1.58. The maximum absolute atomic E-state index is 10.4. The minimum absolute atomic E-state index is 0.161. The molecule has 21 heavy (non-hydrogen) atoms. The zero-order chi connectivity index (χ0) is 15.2. The van der Waals surface area contributed by atoms with Gasteiger partial charge >= 0.3 is 12.0 Å². The molecule has 0 aliphatic carbocycles. The lowest BCUT2D eigenvalue weighted by Crippen LogP contribution is -1.93. The SMILES string of the molecule is COc1ccc(Oc2ncc(/C=C/C(=O)O)cn2)c(Br)c1. The lowest BCUT2D eigenvalue weighted by molar-refractivity contribution is -0.131. The van der Waals surface area contributed by atoms with Crippen LogP contribution in [-0.2, 0) is 4.79 Å². The number of nitrogens with zero attached hydrogens (tertiary/aromatic N) is 2. The summed E-state index contributed by atoms with van der Waals surface area (Å²) in [6.07, 6.45) is 5.35. The van der Waals surface area contributed by atoms with Gasteiger partial charge < -0.3 is 14.6 Å². The van der Waals surface area contributed by atoms with Crippen LogP contribution in [0.2, 0.25) is 0 Å². The van der Waals surface area contributed by atoms with Gasteiger partial charge in [0.25, 0.3) is 0 Å². The fourth-order valence-electron chi connectivity index (χ4n) is 1.42. The van der Waals surface area contributed by atoms with E-state index in [1.54, 1.807) is 25.3 Å². The van der Waals surface area contributed by atoms with Crippen LogP contribution in [0.3, 0.4) is 0 Å². The van der Waals surface area contributed by atoms with Crippen LogP contribution in [0, 0.1) is 0 Å². The molecular formula is C14H11BrN2O4. The molecular weight excluding hydrogens is 340 g/mol. The number of hydrogen-bond acceptors (Lipinski definition) is 5. The van der Waals surface area contributed by atoms with Gasteiger partial charge in [-0.3, -0.25) is 0 Å². The predicted molar refractivity (Wildman–Crippen MR) is 79.5 cm³/mol. The van der Waals surface area contributed by atoms with Gasteiger partial charge in [-0.1, -0.05) is 0 Å². The number of ether oxygens (including phenoxy) is 2. The molecule has 6 nitrogen and oxygen atoms in total. The van der Waals surface area contributed by atoms with Crippen LogP contribution < -0.4 is 9.47 Å². The van der Waals surface area contributed by atoms with Gasteiger partial charge in [-0.05, 0) is 40.2 Å². The average Bonchev–Trinajstić information content (AvgIpc) is 2.48. The van der Waals surface area contributed by atoms with Crippen molar-refractivity contribution in [2.75, 3.05) is 7.11 Å². The number of hydrogen-bond donors (Lipinski definition) is 1. The number of benzene rings is 1. The van der Waals surface area contributed by atoms with E-state index in [1.807, 2.05) is 0 Å². The first kappa shape index (κ1) is 15.0. The molecule has 7 heteroatoms. The first-order valence-electron chi connectivity index (χ1n) is 5.83. The van der Waals surface area contributed by atoms with Gasteiger partial charge in [0.2, 0.25) is 0 Å². The monoisotopic (exact) mass is 350 g/mol. The molecule has 2 rings (SSSR count). The van der Waals surface area contributed by atoms with Gasteiger partial charge in [-0.25, -0.2) is 14.8 Å². The molecule has 0 bridgehead atoms. The number of carboxylic acids is 1. The fraction of sp³-hybridized carbons (Fsp3) is 0.0714. The Kier molecular flexibility index (Phi) is 4.89. The molecule has 0 amide bonds. The Labute approximate surface area is 129 Å². The van der Waals surface area contributed by atoms with E-state index >= 15 is 0 Å². The first-order valence-corrected chi connectivity index (χ1v) is 6.62. The quantitative estimate of drug-likeness (QED) is 0.834. The average molecular weight is 351 g/mol. The lowest BCUT2D eigenvalue weighted by atomic mass is 10.3. The molecule has 0 atom stereocenters. The van der Waals surface area contributed by atoms with Crippen molar-refractivity contribution in [3.05, 3.63) is 46.7 Å². The number of halogens is 1. The normalized spacial score (nSPS) is 10.6. The molecule has 1 aromatic heterocycles. The van der Waals surface area contributed by atoms with Crippen molar-refractivity contribution >= 4 is 28.0 Å². The number of carbonyl (C=O) groups is 1. The number of methoxy groups -OCH3 is 1. The highest BCUT2D eigenvalue weighted by molar-refractivity contribution is 9.10. The van der Waals surface area contributed by atoms with E-state index in [0.717, 1.165) is 6.08 Å². The molecule has 0 aliphatic heterocycles. The van der Waals surface area contributed by atoms with Crippen molar-refractivity contribution in [3.8, 4) is 17.5 Å². The second-order valence-corrected chi connectivity index (χ2v) is 4.72. The van der Waals surface area contributed by atoms with Crippen molar-refractivity contribution in [3.63, 3.8) is 0 Å². The standard InChI is InChI=1S/C14H11BrN2O4/c1-20-10-3-4-12(11(15)6-10)21-14-16-7-9(8-17-14)2-5-13(18)19/h2-8H,1H3,(H,18,19)/b5-2+. The summed E-state index contributed by atoms with van der Waals surface area (Å²) in [6.45, 7) is 0. The van der Waals surface area contributed by atoms with Gasteiger partial charge in [-0.15, -0.1) is 0 Å². The van der Waals surface area contributed by atoms with Crippen LogP contribution in [0.25, 0.3) is 6.08 Å². The van der Waals surface area contributed by atoms with Crippen molar-refractivity contribution in [1.82, 2.24) is 9.97 Å². The van der Waals surface area contributed by atoms with Gasteiger partial charge in [0.1, 0.15) is 11.5 Å². The van der Waals surface area contributed by atoms with Crippen molar-refractivity contribution < 1.29 is 19.4 Å². The number of aromatic nitrogens is 2. The minimum Gasteiger partial charge on any atom is -0.497 e. The molecule has 0 saturated heterocycles. The van der Waals surface area contributed by atoms with Gasteiger partial charge in [-0.2, -0.15) is 0 Å². The molecule has 0 unspecified atom stereocenters. The Morgan fingerprint density at radius 3 is 2.62 bits per heavy atom. The molecule has 2 aromatic rings. The summed E-state index contributed by atoms with van der Waals surface area (Å²) in [6, 6.07) is 5.40. The molecule has 108 valence electrons. The van der Waals surface area contributed by atoms with E-state index in [-0.39, 0.29) is 6.01 Å². The number of aliphatic carboxylic acids is 1. The Bertz CT molecular complexity index is 671. The summed E-state index contributed by atoms with van der Waals surface area (Å²) in [5.41, 5.74) is 0.568. The summed E-state index contributed by atoms with van der Waals surface area (Å²) in [5.74, 6) is 0.214. The second-order valence-electron chi connectivity index (χ2n) is 3.87. The van der Waals surface area contributed by atoms with Crippen LogP contribution in [0.4, 0.5) is 0 Å². The van der Waals surface area contributed by atoms with E-state index in [4.69, 9.17) is 14.6 Å². The molecule has 0 spiro atoms. The minimum atomic E-state index is -1.03. The highest BCUT2D eigenvalue weighted by Crippen LogP contribution is 2.31. The summed E-state index contributed by atoms with van der Waals surface area (Å²) < 4.78 is 11.3. The molecule has 1 heterocycles. The Balaban J connectivity index is 2.11. The number of rotatable bonds is 5. The van der Waals surface area contributed by atoms with Gasteiger partial charge in [0.15, 0.2) is 0 Å². The van der Waals surface area contributed by atoms with E-state index in [9.17, 15) is 4.79 Å². The third-order valence-electron chi connectivity index (χ3n) is 2.41. The zero-order valence-electron chi connectivity index (χ0n) is 11.0. The zero-order valence-corrected chi connectivity index (χ0v) is 12.6. The third kappa shape index (κ3) is 4.28. The van der Waals surface area contributed by atoms with E-state index in [0.29, 0.717) is 21.5 Å². The molecule has 0 radical (unpaired) electrons. The topological polar surface area (TPSA) is 81.5 Å². The van der Waals surface area contributed by atoms with Crippen LogP contribution in [-0.4, -0.2) is 28.2 Å². The first-order chi connectivity index (χ1) is 10.1. The maximum Gasteiger partial charge on any atom is 0.328 e. The van der Waals surface area contributed by atoms with Crippen LogP contribution >= 0.6 is 15.9 Å².